The maximum Gasteiger partial charge on any atom is 0.115 e. The van der Waals surface area contributed by atoms with Crippen molar-refractivity contribution < 1.29 is 0 Å². The molecule has 1 heterocycles. The molecule has 0 fully saturated rings. The first-order valence-electron chi connectivity index (χ1n) is 5.33. The predicted molar refractivity (Wildman–Crippen MR) is 63.8 cm³/mol. The maximum atomic E-state index is 6.07. The predicted octanol–water partition coefficient (Wildman–Crippen LogP) is 2.03. The van der Waals surface area contributed by atoms with Crippen molar-refractivity contribution in [3.63, 3.8) is 0 Å². The monoisotopic (exact) mass is 213 g/mol. The Hall–Kier alpha value is -1.74. The molecule has 2 rings (SSSR count). The summed E-state index contributed by atoms with van der Waals surface area (Å²) in [5, 5.41) is 0. The lowest BCUT2D eigenvalue weighted by Gasteiger charge is -2.10. The van der Waals surface area contributed by atoms with E-state index in [4.69, 9.17) is 5.73 Å². The van der Waals surface area contributed by atoms with E-state index in [-0.39, 0.29) is 6.04 Å². The molecule has 0 bridgehead atoms. The van der Waals surface area contributed by atoms with E-state index in [2.05, 4.69) is 41.2 Å². The van der Waals surface area contributed by atoms with E-state index in [0.717, 1.165) is 12.1 Å². The highest BCUT2D eigenvalue weighted by atomic mass is 14.8. The summed E-state index contributed by atoms with van der Waals surface area (Å²) in [6.45, 7) is 2.08. The molecule has 0 aliphatic rings. The fourth-order valence-electron chi connectivity index (χ4n) is 1.60. The van der Waals surface area contributed by atoms with Crippen molar-refractivity contribution in [3.05, 3.63) is 59.7 Å². The number of benzene rings is 1. The minimum Gasteiger partial charge on any atom is -0.322 e. The molecule has 2 aromatic rings. The van der Waals surface area contributed by atoms with Gasteiger partial charge in [-0.3, -0.25) is 0 Å². The molecule has 0 saturated heterocycles. The summed E-state index contributed by atoms with van der Waals surface area (Å²) < 4.78 is 0. The first kappa shape index (κ1) is 10.8. The molecule has 3 heteroatoms. The summed E-state index contributed by atoms with van der Waals surface area (Å²) in [4.78, 5) is 8.04. The Balaban J connectivity index is 2.08. The minimum absolute atomic E-state index is 0.0642. The molecular weight excluding hydrogens is 198 g/mol. The Morgan fingerprint density at radius 3 is 2.56 bits per heavy atom. The number of aromatic nitrogens is 2. The molecule has 2 N–H and O–H groups in total. The van der Waals surface area contributed by atoms with Crippen molar-refractivity contribution in [2.45, 2.75) is 19.4 Å². The molecule has 0 amide bonds. The van der Waals surface area contributed by atoms with E-state index in [1.54, 1.807) is 6.20 Å². The third-order valence-corrected chi connectivity index (χ3v) is 2.56. The summed E-state index contributed by atoms with van der Waals surface area (Å²) in [5.74, 6) is 0. The van der Waals surface area contributed by atoms with Gasteiger partial charge in [-0.25, -0.2) is 9.97 Å². The zero-order valence-corrected chi connectivity index (χ0v) is 9.30. The molecule has 82 valence electrons. The third kappa shape index (κ3) is 2.64. The Kier molecular flexibility index (Phi) is 3.27. The van der Waals surface area contributed by atoms with Crippen LogP contribution in [0.4, 0.5) is 0 Å². The first-order chi connectivity index (χ1) is 7.75. The van der Waals surface area contributed by atoms with Gasteiger partial charge in [0.2, 0.25) is 0 Å². The lowest BCUT2D eigenvalue weighted by Crippen LogP contribution is -2.14. The van der Waals surface area contributed by atoms with Gasteiger partial charge in [0, 0.05) is 6.20 Å². The molecule has 0 aliphatic heterocycles. The average molecular weight is 213 g/mol. The Morgan fingerprint density at radius 1 is 1.19 bits per heavy atom. The maximum absolute atomic E-state index is 6.07. The van der Waals surface area contributed by atoms with E-state index in [1.165, 1.54) is 17.5 Å². The molecule has 1 unspecified atom stereocenters. The van der Waals surface area contributed by atoms with Gasteiger partial charge in [0.15, 0.2) is 0 Å². The van der Waals surface area contributed by atoms with Crippen LogP contribution in [0.1, 0.15) is 22.9 Å². The van der Waals surface area contributed by atoms with Crippen LogP contribution in [0.3, 0.4) is 0 Å². The number of hydrogen-bond donors (Lipinski definition) is 1. The number of nitrogens with two attached hydrogens (primary N) is 1. The van der Waals surface area contributed by atoms with Gasteiger partial charge in [-0.2, -0.15) is 0 Å². The fourth-order valence-corrected chi connectivity index (χ4v) is 1.60. The highest BCUT2D eigenvalue weighted by Crippen LogP contribution is 2.13. The number of rotatable bonds is 3. The zero-order valence-electron chi connectivity index (χ0n) is 9.30. The van der Waals surface area contributed by atoms with Crippen molar-refractivity contribution in [3.8, 4) is 0 Å². The van der Waals surface area contributed by atoms with Gasteiger partial charge in [0.05, 0.1) is 11.7 Å². The number of hydrogen-bond acceptors (Lipinski definition) is 3. The quantitative estimate of drug-likeness (QED) is 0.848. The first-order valence-corrected chi connectivity index (χ1v) is 5.33. The molecule has 3 nitrogen and oxygen atoms in total. The van der Waals surface area contributed by atoms with Crippen molar-refractivity contribution in [1.29, 1.82) is 0 Å². The van der Waals surface area contributed by atoms with E-state index in [1.807, 2.05) is 6.07 Å². The molecule has 1 atom stereocenters. The van der Waals surface area contributed by atoms with Crippen LogP contribution < -0.4 is 5.73 Å². The molecule has 0 aliphatic carbocycles. The van der Waals surface area contributed by atoms with Crippen LogP contribution in [0.5, 0.6) is 0 Å². The van der Waals surface area contributed by atoms with Gasteiger partial charge in [-0.15, -0.1) is 0 Å². The second-order valence-corrected chi connectivity index (χ2v) is 3.93. The largest absolute Gasteiger partial charge is 0.322 e. The van der Waals surface area contributed by atoms with Crippen LogP contribution in [0.25, 0.3) is 0 Å². The smallest absolute Gasteiger partial charge is 0.115 e. The van der Waals surface area contributed by atoms with Crippen molar-refractivity contribution in [2.75, 3.05) is 0 Å². The highest BCUT2D eigenvalue weighted by Gasteiger charge is 2.07. The molecule has 16 heavy (non-hydrogen) atoms. The number of nitrogens with zero attached hydrogens (tertiary/aromatic N) is 2. The van der Waals surface area contributed by atoms with Crippen molar-refractivity contribution in [2.24, 2.45) is 5.73 Å². The summed E-state index contributed by atoms with van der Waals surface area (Å²) in [6.07, 6.45) is 4.05. The van der Waals surface area contributed by atoms with Gasteiger partial charge in [0.25, 0.3) is 0 Å². The lowest BCUT2D eigenvalue weighted by atomic mass is 10.0. The van der Waals surface area contributed by atoms with Crippen LogP contribution in [0, 0.1) is 6.92 Å². The Bertz CT molecular complexity index is 436. The van der Waals surface area contributed by atoms with E-state index in [9.17, 15) is 0 Å². The Labute approximate surface area is 95.4 Å². The lowest BCUT2D eigenvalue weighted by molar-refractivity contribution is 0.692. The minimum atomic E-state index is -0.0642. The summed E-state index contributed by atoms with van der Waals surface area (Å²) in [6, 6.07) is 10.2. The molecule has 0 radical (unpaired) electrons. The van der Waals surface area contributed by atoms with Crippen LogP contribution in [0.2, 0.25) is 0 Å². The SMILES string of the molecule is Cc1ccc(CC(N)c2ccncn2)cc1. The number of aryl methyl sites for hydroxylation is 1. The normalized spacial score (nSPS) is 12.4. The molecule has 0 spiro atoms. The van der Waals surface area contributed by atoms with Gasteiger partial charge in [-0.1, -0.05) is 29.8 Å². The summed E-state index contributed by atoms with van der Waals surface area (Å²) in [5.41, 5.74) is 9.46. The van der Waals surface area contributed by atoms with Crippen molar-refractivity contribution >= 4 is 0 Å². The van der Waals surface area contributed by atoms with Crippen molar-refractivity contribution in [1.82, 2.24) is 9.97 Å². The van der Waals surface area contributed by atoms with E-state index < -0.39 is 0 Å². The molecule has 1 aromatic carbocycles. The summed E-state index contributed by atoms with van der Waals surface area (Å²) in [7, 11) is 0. The fraction of sp³-hybridized carbons (Fsp3) is 0.231. The van der Waals surface area contributed by atoms with Gasteiger partial charge in [-0.05, 0) is 25.0 Å². The van der Waals surface area contributed by atoms with Gasteiger partial charge < -0.3 is 5.73 Å². The zero-order chi connectivity index (χ0) is 11.4. The second kappa shape index (κ2) is 4.86. The Morgan fingerprint density at radius 2 is 1.94 bits per heavy atom. The van der Waals surface area contributed by atoms with E-state index in [0.29, 0.717) is 0 Å². The standard InChI is InChI=1S/C13H15N3/c1-10-2-4-11(5-3-10)8-12(14)13-6-7-15-9-16-13/h2-7,9,12H,8,14H2,1H3. The van der Waals surface area contributed by atoms with Crippen LogP contribution in [0.15, 0.2) is 42.9 Å². The van der Waals surface area contributed by atoms with Crippen LogP contribution in [-0.2, 0) is 6.42 Å². The highest BCUT2D eigenvalue weighted by molar-refractivity contribution is 5.23. The van der Waals surface area contributed by atoms with Gasteiger partial charge in [0.1, 0.15) is 6.33 Å². The molecule has 0 saturated carbocycles. The average Bonchev–Trinajstić information content (AvgIpc) is 2.33. The van der Waals surface area contributed by atoms with Crippen LogP contribution in [-0.4, -0.2) is 9.97 Å². The van der Waals surface area contributed by atoms with Crippen LogP contribution >= 0.6 is 0 Å². The third-order valence-electron chi connectivity index (χ3n) is 2.56. The van der Waals surface area contributed by atoms with Gasteiger partial charge >= 0.3 is 0 Å². The summed E-state index contributed by atoms with van der Waals surface area (Å²) >= 11 is 0. The van der Waals surface area contributed by atoms with E-state index >= 15 is 0 Å². The second-order valence-electron chi connectivity index (χ2n) is 3.93. The molecular formula is C13H15N3. The topological polar surface area (TPSA) is 51.8 Å². The molecule has 1 aromatic heterocycles.